The molecule has 1 aromatic rings. The van der Waals surface area contributed by atoms with Gasteiger partial charge in [-0.15, -0.1) is 0 Å². The highest BCUT2D eigenvalue weighted by Gasteiger charge is 2.13. The highest BCUT2D eigenvalue weighted by Crippen LogP contribution is 2.28. The molecule has 0 amide bonds. The van der Waals surface area contributed by atoms with Gasteiger partial charge in [0.1, 0.15) is 5.82 Å². The molecule has 0 fully saturated rings. The van der Waals surface area contributed by atoms with Crippen molar-refractivity contribution in [3.05, 3.63) is 33.6 Å². The van der Waals surface area contributed by atoms with Gasteiger partial charge in [-0.2, -0.15) is 0 Å². The molecule has 5 heteroatoms. The molecule has 120 valence electrons. The first-order valence-corrected chi connectivity index (χ1v) is 8.16. The smallest absolute Gasteiger partial charge is 0.142 e. The van der Waals surface area contributed by atoms with E-state index in [0.717, 1.165) is 31.5 Å². The molecular weight excluding hydrogens is 310 g/mol. The van der Waals surface area contributed by atoms with Gasteiger partial charge < -0.3 is 10.2 Å². The number of benzene rings is 1. The lowest BCUT2D eigenvalue weighted by Crippen LogP contribution is -2.28. The van der Waals surface area contributed by atoms with Gasteiger partial charge in [-0.3, -0.25) is 0 Å². The van der Waals surface area contributed by atoms with Crippen LogP contribution in [0.25, 0.3) is 0 Å². The van der Waals surface area contributed by atoms with Crippen LogP contribution in [-0.4, -0.2) is 31.1 Å². The molecule has 0 aliphatic rings. The first-order valence-electron chi connectivity index (χ1n) is 7.41. The van der Waals surface area contributed by atoms with Gasteiger partial charge in [0.15, 0.2) is 0 Å². The van der Waals surface area contributed by atoms with Crippen LogP contribution < -0.4 is 5.32 Å². The van der Waals surface area contributed by atoms with Crippen molar-refractivity contribution in [3.63, 3.8) is 0 Å². The SMILES string of the molecule is CC(NCCCCN(C)C(C)C)c1cc(F)c(Cl)cc1Cl. The van der Waals surface area contributed by atoms with Crippen LogP contribution in [0, 0.1) is 5.82 Å². The highest BCUT2D eigenvalue weighted by atomic mass is 35.5. The average Bonchev–Trinajstić information content (AvgIpc) is 2.41. The monoisotopic (exact) mass is 334 g/mol. The Morgan fingerprint density at radius 2 is 1.81 bits per heavy atom. The summed E-state index contributed by atoms with van der Waals surface area (Å²) >= 11 is 11.8. The lowest BCUT2D eigenvalue weighted by molar-refractivity contribution is 0.267. The maximum absolute atomic E-state index is 13.5. The molecule has 1 rings (SSSR count). The first-order chi connectivity index (χ1) is 9.82. The third-order valence-corrected chi connectivity index (χ3v) is 4.39. The van der Waals surface area contributed by atoms with Crippen molar-refractivity contribution in [2.75, 3.05) is 20.1 Å². The molecule has 0 aromatic heterocycles. The maximum atomic E-state index is 13.5. The van der Waals surface area contributed by atoms with E-state index < -0.39 is 5.82 Å². The zero-order valence-electron chi connectivity index (χ0n) is 13.2. The summed E-state index contributed by atoms with van der Waals surface area (Å²) in [6, 6.07) is 3.46. The van der Waals surface area contributed by atoms with Crippen LogP contribution in [0.1, 0.15) is 45.2 Å². The number of hydrogen-bond donors (Lipinski definition) is 1. The minimum Gasteiger partial charge on any atom is -0.310 e. The van der Waals surface area contributed by atoms with Crippen LogP contribution in [-0.2, 0) is 0 Å². The predicted octanol–water partition coefficient (Wildman–Crippen LogP) is 4.90. The van der Waals surface area contributed by atoms with Gasteiger partial charge in [0.2, 0.25) is 0 Å². The van der Waals surface area contributed by atoms with E-state index in [-0.39, 0.29) is 11.1 Å². The second kappa shape index (κ2) is 8.94. The van der Waals surface area contributed by atoms with Crippen LogP contribution in [0.4, 0.5) is 4.39 Å². The van der Waals surface area contributed by atoms with Crippen molar-refractivity contribution in [2.24, 2.45) is 0 Å². The molecule has 0 aliphatic heterocycles. The molecular formula is C16H25Cl2FN2. The average molecular weight is 335 g/mol. The molecule has 0 heterocycles. The maximum Gasteiger partial charge on any atom is 0.142 e. The number of rotatable bonds is 8. The Kier molecular flexibility index (Phi) is 7.96. The molecule has 1 N–H and O–H groups in total. The van der Waals surface area contributed by atoms with E-state index in [9.17, 15) is 4.39 Å². The number of unbranched alkanes of at least 4 members (excludes halogenated alkanes) is 1. The Labute approximate surface area is 137 Å². The standard InChI is InChI=1S/C16H25Cl2FN2/c1-11(2)21(4)8-6-5-7-20-12(3)13-9-16(19)15(18)10-14(13)17/h9-12,20H,5-8H2,1-4H3. The van der Waals surface area contributed by atoms with Gasteiger partial charge in [0, 0.05) is 17.1 Å². The number of nitrogens with one attached hydrogen (secondary N) is 1. The third kappa shape index (κ3) is 6.11. The van der Waals surface area contributed by atoms with Crippen molar-refractivity contribution >= 4 is 23.2 Å². The molecule has 1 atom stereocenters. The lowest BCUT2D eigenvalue weighted by atomic mass is 10.1. The van der Waals surface area contributed by atoms with Gasteiger partial charge in [0.05, 0.1) is 5.02 Å². The Bertz CT molecular complexity index is 452. The molecule has 0 aliphatic carbocycles. The van der Waals surface area contributed by atoms with E-state index in [1.54, 1.807) is 0 Å². The minimum atomic E-state index is -0.428. The Balaban J connectivity index is 2.38. The molecule has 1 aromatic carbocycles. The zero-order chi connectivity index (χ0) is 16.0. The number of nitrogens with zero attached hydrogens (tertiary/aromatic N) is 1. The Morgan fingerprint density at radius 1 is 1.14 bits per heavy atom. The topological polar surface area (TPSA) is 15.3 Å². The van der Waals surface area contributed by atoms with Crippen molar-refractivity contribution in [1.82, 2.24) is 10.2 Å². The van der Waals surface area contributed by atoms with E-state index >= 15 is 0 Å². The van der Waals surface area contributed by atoms with Crippen LogP contribution in [0.5, 0.6) is 0 Å². The molecule has 21 heavy (non-hydrogen) atoms. The van der Waals surface area contributed by atoms with E-state index in [1.807, 2.05) is 6.92 Å². The van der Waals surface area contributed by atoms with E-state index in [0.29, 0.717) is 11.1 Å². The number of hydrogen-bond acceptors (Lipinski definition) is 2. The second-order valence-corrected chi connectivity index (χ2v) is 6.56. The summed E-state index contributed by atoms with van der Waals surface area (Å²) in [6.45, 7) is 8.33. The second-order valence-electron chi connectivity index (χ2n) is 5.75. The fraction of sp³-hybridized carbons (Fsp3) is 0.625. The first kappa shape index (κ1) is 18.7. The Morgan fingerprint density at radius 3 is 2.43 bits per heavy atom. The summed E-state index contributed by atoms with van der Waals surface area (Å²) in [5.41, 5.74) is 0.748. The molecule has 2 nitrogen and oxygen atoms in total. The van der Waals surface area contributed by atoms with E-state index in [4.69, 9.17) is 23.2 Å². The highest BCUT2D eigenvalue weighted by molar-refractivity contribution is 6.35. The number of halogens is 3. The van der Waals surface area contributed by atoms with Crippen LogP contribution in [0.2, 0.25) is 10.0 Å². The van der Waals surface area contributed by atoms with Gasteiger partial charge in [-0.1, -0.05) is 23.2 Å². The summed E-state index contributed by atoms with van der Waals surface area (Å²) in [4.78, 5) is 2.33. The third-order valence-electron chi connectivity index (χ3n) is 3.78. The minimum absolute atomic E-state index is 0.00657. The fourth-order valence-corrected chi connectivity index (χ4v) is 2.59. The van der Waals surface area contributed by atoms with Crippen LogP contribution >= 0.6 is 23.2 Å². The quantitative estimate of drug-likeness (QED) is 0.537. The molecule has 0 radical (unpaired) electrons. The summed E-state index contributed by atoms with van der Waals surface area (Å²) in [5, 5.41) is 3.94. The van der Waals surface area contributed by atoms with Gasteiger partial charge >= 0.3 is 0 Å². The predicted molar refractivity (Wildman–Crippen MR) is 89.8 cm³/mol. The van der Waals surface area contributed by atoms with Crippen LogP contribution in [0.15, 0.2) is 12.1 Å². The molecule has 0 bridgehead atoms. The fourth-order valence-electron chi connectivity index (χ4n) is 2.04. The summed E-state index contributed by atoms with van der Waals surface area (Å²) < 4.78 is 13.5. The van der Waals surface area contributed by atoms with Gasteiger partial charge in [-0.25, -0.2) is 4.39 Å². The van der Waals surface area contributed by atoms with Gasteiger partial charge in [-0.05, 0) is 71.4 Å². The largest absolute Gasteiger partial charge is 0.310 e. The summed E-state index contributed by atoms with van der Waals surface area (Å²) in [5.74, 6) is -0.428. The molecule has 0 saturated heterocycles. The van der Waals surface area contributed by atoms with Crippen molar-refractivity contribution in [2.45, 2.75) is 45.7 Å². The van der Waals surface area contributed by atoms with E-state index in [2.05, 4.69) is 31.1 Å². The van der Waals surface area contributed by atoms with Crippen LogP contribution in [0.3, 0.4) is 0 Å². The van der Waals surface area contributed by atoms with E-state index in [1.165, 1.54) is 12.1 Å². The molecule has 0 saturated carbocycles. The van der Waals surface area contributed by atoms with Crippen molar-refractivity contribution in [1.29, 1.82) is 0 Å². The van der Waals surface area contributed by atoms with Gasteiger partial charge in [0.25, 0.3) is 0 Å². The lowest BCUT2D eigenvalue weighted by Gasteiger charge is -2.21. The zero-order valence-corrected chi connectivity index (χ0v) is 14.7. The molecule has 1 unspecified atom stereocenters. The van der Waals surface area contributed by atoms with Crippen molar-refractivity contribution in [3.8, 4) is 0 Å². The Hall–Kier alpha value is -0.350. The summed E-state index contributed by atoms with van der Waals surface area (Å²) in [6.07, 6.45) is 2.21. The summed E-state index contributed by atoms with van der Waals surface area (Å²) in [7, 11) is 2.14. The normalized spacial score (nSPS) is 13.2. The van der Waals surface area contributed by atoms with Crippen molar-refractivity contribution < 1.29 is 4.39 Å². The molecule has 0 spiro atoms.